The predicted octanol–water partition coefficient (Wildman–Crippen LogP) is 2.84. The molecule has 0 saturated carbocycles. The van der Waals surface area contributed by atoms with Gasteiger partial charge in [0.05, 0.1) is 0 Å². The van der Waals surface area contributed by atoms with Crippen LogP contribution in [0, 0.1) is 0 Å². The molecular weight excluding hydrogens is 408 g/mol. The van der Waals surface area contributed by atoms with Crippen molar-refractivity contribution in [2.75, 3.05) is 30.9 Å². The molecule has 2 aromatic carbocycles. The molecule has 5 amide bonds. The van der Waals surface area contributed by atoms with Crippen molar-refractivity contribution < 1.29 is 19.2 Å². The van der Waals surface area contributed by atoms with Gasteiger partial charge in [-0.25, -0.2) is 4.79 Å². The molecule has 1 N–H and O–H groups in total. The second-order valence-corrected chi connectivity index (χ2v) is 7.49. The Kier molecular flexibility index (Phi) is 6.07. The molecule has 1 heterocycles. The van der Waals surface area contributed by atoms with Crippen LogP contribution >= 0.6 is 11.6 Å². The minimum absolute atomic E-state index is 0.155. The Morgan fingerprint density at radius 2 is 1.63 bits per heavy atom. The molecule has 0 spiro atoms. The van der Waals surface area contributed by atoms with Gasteiger partial charge >= 0.3 is 6.03 Å². The van der Waals surface area contributed by atoms with Gasteiger partial charge in [0.15, 0.2) is 0 Å². The summed E-state index contributed by atoms with van der Waals surface area (Å²) in [5, 5.41) is 3.15. The van der Waals surface area contributed by atoms with Crippen LogP contribution in [0.3, 0.4) is 0 Å². The van der Waals surface area contributed by atoms with Gasteiger partial charge in [-0.05, 0) is 55.5 Å². The number of nitrogens with zero attached hydrogens (tertiary/aromatic N) is 3. The van der Waals surface area contributed by atoms with E-state index in [9.17, 15) is 19.2 Å². The molecule has 0 unspecified atom stereocenters. The number of hydrogen-bond acceptors (Lipinski definition) is 4. The molecule has 1 aliphatic heterocycles. The molecule has 0 radical (unpaired) electrons. The number of hydrogen-bond donors (Lipinski definition) is 1. The summed E-state index contributed by atoms with van der Waals surface area (Å²) >= 11 is 5.88. The van der Waals surface area contributed by atoms with Gasteiger partial charge in [-0.1, -0.05) is 11.6 Å². The van der Waals surface area contributed by atoms with Crippen LogP contribution < -0.4 is 10.2 Å². The highest BCUT2D eigenvalue weighted by molar-refractivity contribution is 6.30. The molecular formula is C21H21ClN4O4. The average molecular weight is 429 g/mol. The second-order valence-electron chi connectivity index (χ2n) is 7.05. The van der Waals surface area contributed by atoms with E-state index in [0.29, 0.717) is 22.0 Å². The minimum Gasteiger partial charge on any atom is -0.345 e. The topological polar surface area (TPSA) is 90.0 Å². The molecule has 1 fully saturated rings. The van der Waals surface area contributed by atoms with E-state index in [2.05, 4.69) is 5.32 Å². The fraction of sp³-hybridized carbons (Fsp3) is 0.238. The summed E-state index contributed by atoms with van der Waals surface area (Å²) in [6.07, 6.45) is 0. The van der Waals surface area contributed by atoms with E-state index in [1.807, 2.05) is 0 Å². The highest BCUT2D eigenvalue weighted by Gasteiger charge is 2.44. The number of anilines is 2. The van der Waals surface area contributed by atoms with Crippen LogP contribution in [0.4, 0.5) is 16.2 Å². The molecule has 0 bridgehead atoms. The number of imide groups is 1. The third-order valence-corrected chi connectivity index (χ3v) is 4.93. The largest absolute Gasteiger partial charge is 0.345 e. The van der Waals surface area contributed by atoms with Gasteiger partial charge in [0, 0.05) is 36.1 Å². The molecule has 0 aromatic heterocycles. The Labute approximate surface area is 179 Å². The molecule has 0 aliphatic carbocycles. The lowest BCUT2D eigenvalue weighted by Gasteiger charge is -2.19. The van der Waals surface area contributed by atoms with Gasteiger partial charge in [-0.3, -0.25) is 24.2 Å². The summed E-state index contributed by atoms with van der Waals surface area (Å²) in [6.45, 7) is 1.19. The molecule has 156 valence electrons. The normalized spacial score (nSPS) is 16.1. The molecule has 1 saturated heterocycles. The molecule has 3 rings (SSSR count). The summed E-state index contributed by atoms with van der Waals surface area (Å²) in [4.78, 5) is 53.3. The van der Waals surface area contributed by atoms with E-state index >= 15 is 0 Å². The van der Waals surface area contributed by atoms with Crippen LogP contribution in [-0.4, -0.2) is 60.2 Å². The van der Waals surface area contributed by atoms with Crippen molar-refractivity contribution in [3.63, 3.8) is 0 Å². The third-order valence-electron chi connectivity index (χ3n) is 4.68. The van der Waals surface area contributed by atoms with Crippen LogP contribution in [0.25, 0.3) is 0 Å². The van der Waals surface area contributed by atoms with E-state index in [1.165, 1.54) is 9.80 Å². The molecule has 1 atom stereocenters. The Bertz CT molecular complexity index is 989. The van der Waals surface area contributed by atoms with Crippen molar-refractivity contribution in [2.45, 2.75) is 13.0 Å². The number of rotatable bonds is 5. The summed E-state index contributed by atoms with van der Waals surface area (Å²) in [6, 6.07) is 11.6. The Morgan fingerprint density at radius 3 is 2.20 bits per heavy atom. The van der Waals surface area contributed by atoms with Crippen LogP contribution in [0.15, 0.2) is 48.5 Å². The molecule has 8 nitrogen and oxygen atoms in total. The van der Waals surface area contributed by atoms with Gasteiger partial charge in [0.2, 0.25) is 5.91 Å². The zero-order valence-corrected chi connectivity index (χ0v) is 17.5. The first-order valence-corrected chi connectivity index (χ1v) is 9.58. The lowest BCUT2D eigenvalue weighted by Crippen LogP contribution is -2.39. The fourth-order valence-electron chi connectivity index (χ4n) is 3.11. The van der Waals surface area contributed by atoms with Crippen LogP contribution in [0.5, 0.6) is 0 Å². The minimum atomic E-state index is -0.734. The number of urea groups is 1. The van der Waals surface area contributed by atoms with Crippen molar-refractivity contribution in [1.29, 1.82) is 0 Å². The zero-order chi connectivity index (χ0) is 22.0. The standard InChI is InChI=1S/C21H21ClN4O4/c1-13-19(28)25(21(30)26(13)17-10-6-15(22)7-11-17)12-18(27)23-16-8-4-14(5-9-16)20(29)24(2)3/h4-11,13H,12H2,1-3H3,(H,23,27)/t13-/m0/s1. The number of benzene rings is 2. The average Bonchev–Trinajstić information content (AvgIpc) is 2.92. The van der Waals surface area contributed by atoms with E-state index in [1.54, 1.807) is 69.6 Å². The van der Waals surface area contributed by atoms with E-state index in [0.717, 1.165) is 4.90 Å². The van der Waals surface area contributed by atoms with Gasteiger partial charge in [-0.15, -0.1) is 0 Å². The van der Waals surface area contributed by atoms with E-state index in [4.69, 9.17) is 11.6 Å². The SMILES string of the molecule is C[C@H]1C(=O)N(CC(=O)Nc2ccc(C(=O)N(C)C)cc2)C(=O)N1c1ccc(Cl)cc1. The first-order chi connectivity index (χ1) is 14.2. The van der Waals surface area contributed by atoms with Crippen LogP contribution in [-0.2, 0) is 9.59 Å². The number of carbonyl (C=O) groups excluding carboxylic acids is 4. The van der Waals surface area contributed by atoms with Gasteiger partial charge in [0.25, 0.3) is 11.8 Å². The van der Waals surface area contributed by atoms with E-state index < -0.39 is 30.4 Å². The number of carbonyl (C=O) groups is 4. The van der Waals surface area contributed by atoms with Crippen molar-refractivity contribution in [3.8, 4) is 0 Å². The third kappa shape index (κ3) is 4.28. The maximum Gasteiger partial charge on any atom is 0.332 e. The number of halogens is 1. The number of nitrogens with one attached hydrogen (secondary N) is 1. The maximum absolute atomic E-state index is 12.8. The van der Waals surface area contributed by atoms with Crippen molar-refractivity contribution in [3.05, 3.63) is 59.1 Å². The molecule has 1 aliphatic rings. The lowest BCUT2D eigenvalue weighted by atomic mass is 10.2. The summed E-state index contributed by atoms with van der Waals surface area (Å²) in [7, 11) is 3.30. The smallest absolute Gasteiger partial charge is 0.332 e. The predicted molar refractivity (Wildman–Crippen MR) is 114 cm³/mol. The van der Waals surface area contributed by atoms with Crippen LogP contribution in [0.1, 0.15) is 17.3 Å². The van der Waals surface area contributed by atoms with Gasteiger partial charge < -0.3 is 10.2 Å². The van der Waals surface area contributed by atoms with E-state index in [-0.39, 0.29) is 5.91 Å². The van der Waals surface area contributed by atoms with Crippen molar-refractivity contribution in [1.82, 2.24) is 9.80 Å². The van der Waals surface area contributed by atoms with Crippen molar-refractivity contribution in [2.24, 2.45) is 0 Å². The Morgan fingerprint density at radius 1 is 1.03 bits per heavy atom. The molecule has 2 aromatic rings. The highest BCUT2D eigenvalue weighted by Crippen LogP contribution is 2.27. The summed E-state index contributed by atoms with van der Waals surface area (Å²) < 4.78 is 0. The Balaban J connectivity index is 1.67. The zero-order valence-electron chi connectivity index (χ0n) is 16.8. The van der Waals surface area contributed by atoms with Crippen molar-refractivity contribution >= 4 is 46.7 Å². The second kappa shape index (κ2) is 8.54. The van der Waals surface area contributed by atoms with Crippen LogP contribution in [0.2, 0.25) is 5.02 Å². The van der Waals surface area contributed by atoms with Gasteiger partial charge in [-0.2, -0.15) is 0 Å². The maximum atomic E-state index is 12.8. The quantitative estimate of drug-likeness (QED) is 0.741. The Hall–Kier alpha value is -3.39. The molecule has 9 heteroatoms. The monoisotopic (exact) mass is 428 g/mol. The summed E-state index contributed by atoms with van der Waals surface area (Å²) in [5.41, 5.74) is 1.46. The lowest BCUT2D eigenvalue weighted by molar-refractivity contribution is -0.130. The first-order valence-electron chi connectivity index (χ1n) is 9.20. The highest BCUT2D eigenvalue weighted by atomic mass is 35.5. The fourth-order valence-corrected chi connectivity index (χ4v) is 3.23. The number of amides is 5. The summed E-state index contributed by atoms with van der Waals surface area (Å²) in [5.74, 6) is -1.14. The van der Waals surface area contributed by atoms with Gasteiger partial charge in [0.1, 0.15) is 12.6 Å². The molecule has 30 heavy (non-hydrogen) atoms. The first kappa shape index (κ1) is 21.3.